The van der Waals surface area contributed by atoms with Crippen LogP contribution in [0, 0.1) is 5.82 Å². The maximum Gasteiger partial charge on any atom is 0.418 e. The first-order chi connectivity index (χ1) is 17.3. The maximum atomic E-state index is 14.1. The molecule has 5 aromatic heterocycles. The van der Waals surface area contributed by atoms with Crippen molar-refractivity contribution in [3.05, 3.63) is 83.4 Å². The van der Waals surface area contributed by atoms with Gasteiger partial charge < -0.3 is 14.3 Å². The molecule has 5 aromatic rings. The monoisotopic (exact) mass is 498 g/mol. The summed E-state index contributed by atoms with van der Waals surface area (Å²) in [7, 11) is 0. The fourth-order valence-corrected chi connectivity index (χ4v) is 4.27. The summed E-state index contributed by atoms with van der Waals surface area (Å²) in [4.78, 5) is 25.9. The number of amides is 1. The van der Waals surface area contributed by atoms with Crippen LogP contribution < -0.4 is 0 Å². The van der Waals surface area contributed by atoms with Crippen molar-refractivity contribution in [2.45, 2.75) is 18.6 Å². The number of nitrogens with one attached hydrogen (secondary N) is 1. The molecular formula is C22H14F4N8O2. The summed E-state index contributed by atoms with van der Waals surface area (Å²) < 4.78 is 61.3. The van der Waals surface area contributed by atoms with E-state index in [1.807, 2.05) is 0 Å². The van der Waals surface area contributed by atoms with Gasteiger partial charge >= 0.3 is 18.0 Å². The Kier molecular flexibility index (Phi) is 4.84. The molecule has 0 spiro atoms. The lowest BCUT2D eigenvalue weighted by Gasteiger charge is -2.32. The van der Waals surface area contributed by atoms with Gasteiger partial charge in [-0.3, -0.25) is 4.79 Å². The van der Waals surface area contributed by atoms with Crippen LogP contribution in [-0.4, -0.2) is 52.1 Å². The number of alkyl halides is 3. The molecule has 0 aliphatic carbocycles. The maximum absolute atomic E-state index is 14.1. The highest BCUT2D eigenvalue weighted by Gasteiger charge is 2.39. The summed E-state index contributed by atoms with van der Waals surface area (Å²) in [5, 5.41) is 11.8. The van der Waals surface area contributed by atoms with Crippen molar-refractivity contribution in [1.29, 1.82) is 0 Å². The Labute approximate surface area is 198 Å². The van der Waals surface area contributed by atoms with Gasteiger partial charge in [0.2, 0.25) is 0 Å². The highest BCUT2D eigenvalue weighted by atomic mass is 19.4. The van der Waals surface area contributed by atoms with E-state index in [1.165, 1.54) is 41.8 Å². The highest BCUT2D eigenvalue weighted by Crippen LogP contribution is 2.37. The third-order valence-electron chi connectivity index (χ3n) is 5.86. The zero-order chi connectivity index (χ0) is 25.0. The molecule has 0 bridgehead atoms. The molecular weight excluding hydrogens is 484 g/mol. The fraction of sp³-hybridized carbons (Fsp3) is 0.182. The molecule has 182 valence electrons. The number of fused-ring (bicyclic) bond motifs is 2. The predicted molar refractivity (Wildman–Crippen MR) is 113 cm³/mol. The van der Waals surface area contributed by atoms with E-state index in [4.69, 9.17) is 4.42 Å². The number of H-pyrrole nitrogens is 1. The number of imidazole rings is 1. The van der Waals surface area contributed by atoms with Crippen LogP contribution in [0.15, 0.2) is 53.5 Å². The molecule has 0 saturated heterocycles. The Bertz CT molecular complexity index is 1600. The van der Waals surface area contributed by atoms with E-state index in [0.29, 0.717) is 12.1 Å². The first kappa shape index (κ1) is 21.9. The second-order valence-electron chi connectivity index (χ2n) is 7.98. The van der Waals surface area contributed by atoms with Crippen LogP contribution in [0.4, 0.5) is 17.6 Å². The zero-order valence-electron chi connectivity index (χ0n) is 18.1. The molecule has 1 aliphatic rings. The standard InChI is InChI=1S/C22H14F4N8O2/c23-12-4-1-6-27-16(12)19-30-31-20(36-19)21(35)33-8-5-13-17(29-10-28-13)18(33)14-9-15-11(22(24,25)26)3-2-7-34(15)32-14/h1-4,6-7,9-10,18H,5,8H2,(H,28,29). The number of carbonyl (C=O) groups is 1. The van der Waals surface area contributed by atoms with Crippen LogP contribution in [0.5, 0.6) is 0 Å². The topological polar surface area (TPSA) is 118 Å². The van der Waals surface area contributed by atoms with Crippen molar-refractivity contribution in [1.82, 2.24) is 39.7 Å². The van der Waals surface area contributed by atoms with Crippen molar-refractivity contribution in [3.8, 4) is 11.6 Å². The molecule has 6 heterocycles. The molecule has 0 saturated carbocycles. The quantitative estimate of drug-likeness (QED) is 0.379. The van der Waals surface area contributed by atoms with Gasteiger partial charge in [-0.2, -0.15) is 18.3 Å². The summed E-state index contributed by atoms with van der Waals surface area (Å²) in [6.07, 6.45) is -0.0329. The van der Waals surface area contributed by atoms with E-state index in [0.717, 1.165) is 22.3 Å². The SMILES string of the molecule is O=C(c1nnc(-c2ncccc2F)o1)N1CCc2[nH]cnc2C1c1cc2c(C(F)(F)F)cccn2n1. The van der Waals surface area contributed by atoms with E-state index in [9.17, 15) is 22.4 Å². The summed E-state index contributed by atoms with van der Waals surface area (Å²) in [6, 6.07) is 5.09. The lowest BCUT2D eigenvalue weighted by molar-refractivity contribution is -0.136. The van der Waals surface area contributed by atoms with E-state index in [2.05, 4.69) is 30.2 Å². The Morgan fingerprint density at radius 1 is 1.17 bits per heavy atom. The molecule has 1 atom stereocenters. The Balaban J connectivity index is 1.42. The number of halogens is 4. The molecule has 1 aliphatic heterocycles. The van der Waals surface area contributed by atoms with Crippen molar-refractivity contribution >= 4 is 11.4 Å². The summed E-state index contributed by atoms with van der Waals surface area (Å²) in [5.41, 5.74) is 0.0813. The van der Waals surface area contributed by atoms with Gasteiger partial charge in [0, 0.05) is 31.1 Å². The van der Waals surface area contributed by atoms with Gasteiger partial charge in [-0.25, -0.2) is 18.9 Å². The summed E-state index contributed by atoms with van der Waals surface area (Å²) in [6.45, 7) is 0.161. The van der Waals surface area contributed by atoms with Crippen molar-refractivity contribution in [2.75, 3.05) is 6.54 Å². The molecule has 1 unspecified atom stereocenters. The van der Waals surface area contributed by atoms with Crippen LogP contribution in [0.1, 0.15) is 39.4 Å². The number of aromatic nitrogens is 7. The second-order valence-corrected chi connectivity index (χ2v) is 7.98. The van der Waals surface area contributed by atoms with Crippen molar-refractivity contribution in [2.24, 2.45) is 0 Å². The minimum Gasteiger partial charge on any atom is -0.411 e. The lowest BCUT2D eigenvalue weighted by Crippen LogP contribution is -2.41. The Morgan fingerprint density at radius 2 is 2.03 bits per heavy atom. The van der Waals surface area contributed by atoms with E-state index in [-0.39, 0.29) is 29.3 Å². The van der Waals surface area contributed by atoms with Gasteiger partial charge in [0.25, 0.3) is 5.89 Å². The smallest absolute Gasteiger partial charge is 0.411 e. The number of pyridine rings is 2. The van der Waals surface area contributed by atoms with Gasteiger partial charge in [-0.15, -0.1) is 10.2 Å². The second kappa shape index (κ2) is 7.96. The lowest BCUT2D eigenvalue weighted by atomic mass is 9.99. The van der Waals surface area contributed by atoms with Crippen molar-refractivity contribution in [3.63, 3.8) is 0 Å². The number of aromatic amines is 1. The summed E-state index contributed by atoms with van der Waals surface area (Å²) in [5.74, 6) is -2.13. The van der Waals surface area contributed by atoms with Gasteiger partial charge in [-0.1, -0.05) is 0 Å². The number of carbonyl (C=O) groups excluding carboxylic acids is 1. The van der Waals surface area contributed by atoms with E-state index < -0.39 is 35.4 Å². The van der Waals surface area contributed by atoms with Gasteiger partial charge in [0.15, 0.2) is 11.5 Å². The van der Waals surface area contributed by atoms with Gasteiger partial charge in [-0.05, 0) is 30.3 Å². The number of nitrogens with zero attached hydrogens (tertiary/aromatic N) is 7. The molecule has 1 amide bonds. The summed E-state index contributed by atoms with van der Waals surface area (Å²) >= 11 is 0. The zero-order valence-corrected chi connectivity index (χ0v) is 18.1. The molecule has 0 radical (unpaired) electrons. The van der Waals surface area contributed by atoms with Crippen LogP contribution in [0.2, 0.25) is 0 Å². The molecule has 0 fully saturated rings. The first-order valence-corrected chi connectivity index (χ1v) is 10.6. The minimum absolute atomic E-state index is 0.161. The average Bonchev–Trinajstić information content (AvgIpc) is 3.61. The predicted octanol–water partition coefficient (Wildman–Crippen LogP) is 3.45. The highest BCUT2D eigenvalue weighted by molar-refractivity contribution is 5.90. The molecule has 36 heavy (non-hydrogen) atoms. The van der Waals surface area contributed by atoms with Crippen LogP contribution >= 0.6 is 0 Å². The van der Waals surface area contributed by atoms with Crippen LogP contribution in [0.3, 0.4) is 0 Å². The Morgan fingerprint density at radius 3 is 2.83 bits per heavy atom. The van der Waals surface area contributed by atoms with Crippen LogP contribution in [0.25, 0.3) is 17.1 Å². The van der Waals surface area contributed by atoms with Crippen LogP contribution in [-0.2, 0) is 12.6 Å². The van der Waals surface area contributed by atoms with Crippen molar-refractivity contribution < 1.29 is 26.8 Å². The largest absolute Gasteiger partial charge is 0.418 e. The van der Waals surface area contributed by atoms with Gasteiger partial charge in [0.05, 0.1) is 28.8 Å². The average molecular weight is 498 g/mol. The molecule has 10 nitrogen and oxygen atoms in total. The third-order valence-corrected chi connectivity index (χ3v) is 5.86. The van der Waals surface area contributed by atoms with E-state index >= 15 is 0 Å². The minimum atomic E-state index is -4.60. The molecule has 1 N–H and O–H groups in total. The number of hydrogen-bond acceptors (Lipinski definition) is 7. The third kappa shape index (κ3) is 3.49. The first-order valence-electron chi connectivity index (χ1n) is 10.6. The number of hydrogen-bond donors (Lipinski definition) is 1. The van der Waals surface area contributed by atoms with Gasteiger partial charge in [0.1, 0.15) is 6.04 Å². The normalized spacial score (nSPS) is 15.9. The molecule has 6 rings (SSSR count). The Hall–Kier alpha value is -4.62. The molecule has 0 aromatic carbocycles. The van der Waals surface area contributed by atoms with E-state index in [1.54, 1.807) is 0 Å². The number of rotatable bonds is 3. The molecule has 14 heteroatoms. The fourth-order valence-electron chi connectivity index (χ4n) is 4.27.